The van der Waals surface area contributed by atoms with Crippen molar-refractivity contribution in [1.82, 2.24) is 10.3 Å². The predicted molar refractivity (Wildman–Crippen MR) is 109 cm³/mol. The van der Waals surface area contributed by atoms with E-state index in [1.807, 2.05) is 54.8 Å². The van der Waals surface area contributed by atoms with Crippen LogP contribution in [0.2, 0.25) is 0 Å². The van der Waals surface area contributed by atoms with Crippen molar-refractivity contribution in [2.45, 2.75) is 32.7 Å². The number of carbonyl (C=O) groups excluding carboxylic acids is 1. The molecule has 27 heavy (non-hydrogen) atoms. The third-order valence-electron chi connectivity index (χ3n) is 4.10. The molecular formula is C22H24N2O2S. The molecular weight excluding hydrogens is 356 g/mol. The molecule has 0 spiro atoms. The molecule has 3 rings (SSSR count). The number of benzene rings is 2. The van der Waals surface area contributed by atoms with Gasteiger partial charge in [0.05, 0.1) is 23.9 Å². The maximum atomic E-state index is 12.0. The Morgan fingerprint density at radius 3 is 2.67 bits per heavy atom. The monoisotopic (exact) mass is 380 g/mol. The molecule has 1 heterocycles. The van der Waals surface area contributed by atoms with Crippen LogP contribution in [0.3, 0.4) is 0 Å². The molecule has 0 aliphatic heterocycles. The second-order valence-electron chi connectivity index (χ2n) is 6.44. The van der Waals surface area contributed by atoms with Crippen LogP contribution in [-0.2, 0) is 17.8 Å². The lowest BCUT2D eigenvalue weighted by Gasteiger charge is -2.06. The van der Waals surface area contributed by atoms with Crippen molar-refractivity contribution in [2.24, 2.45) is 0 Å². The lowest BCUT2D eigenvalue weighted by atomic mass is 10.2. The Labute approximate surface area is 164 Å². The van der Waals surface area contributed by atoms with E-state index < -0.39 is 0 Å². The lowest BCUT2D eigenvalue weighted by molar-refractivity contribution is -0.121. The van der Waals surface area contributed by atoms with Gasteiger partial charge < -0.3 is 10.1 Å². The number of hydrogen-bond acceptors (Lipinski definition) is 4. The van der Waals surface area contributed by atoms with Gasteiger partial charge in [0.1, 0.15) is 5.75 Å². The number of hydrogen-bond donors (Lipinski definition) is 1. The van der Waals surface area contributed by atoms with Gasteiger partial charge >= 0.3 is 0 Å². The Morgan fingerprint density at radius 1 is 1.11 bits per heavy atom. The fraction of sp³-hybridized carbons (Fsp3) is 0.273. The van der Waals surface area contributed by atoms with Crippen LogP contribution in [0, 0.1) is 6.92 Å². The van der Waals surface area contributed by atoms with E-state index in [1.165, 1.54) is 11.1 Å². The molecule has 1 amide bonds. The van der Waals surface area contributed by atoms with Crippen molar-refractivity contribution in [3.63, 3.8) is 0 Å². The van der Waals surface area contributed by atoms with E-state index in [-0.39, 0.29) is 5.91 Å². The highest BCUT2D eigenvalue weighted by molar-refractivity contribution is 7.09. The molecule has 0 saturated carbocycles. The Bertz CT molecular complexity index is 844. The summed E-state index contributed by atoms with van der Waals surface area (Å²) in [5, 5.41) is 6.01. The largest absolute Gasteiger partial charge is 0.494 e. The minimum atomic E-state index is 0.0279. The van der Waals surface area contributed by atoms with Gasteiger partial charge in [-0.25, -0.2) is 4.98 Å². The van der Waals surface area contributed by atoms with E-state index in [4.69, 9.17) is 4.74 Å². The average Bonchev–Trinajstić information content (AvgIpc) is 3.13. The second kappa shape index (κ2) is 9.88. The maximum Gasteiger partial charge on any atom is 0.220 e. The number of thiazole rings is 1. The summed E-state index contributed by atoms with van der Waals surface area (Å²) in [5.74, 6) is 0.870. The van der Waals surface area contributed by atoms with Gasteiger partial charge in [-0.05, 0) is 31.0 Å². The Hall–Kier alpha value is -2.66. The number of rotatable bonds is 9. The number of aryl methyl sites for hydroxylation is 1. The van der Waals surface area contributed by atoms with Crippen molar-refractivity contribution in [3.8, 4) is 5.75 Å². The van der Waals surface area contributed by atoms with Crippen LogP contribution >= 0.6 is 11.3 Å². The van der Waals surface area contributed by atoms with E-state index in [9.17, 15) is 4.79 Å². The Morgan fingerprint density at radius 2 is 1.89 bits per heavy atom. The first-order chi connectivity index (χ1) is 13.2. The van der Waals surface area contributed by atoms with Gasteiger partial charge in [-0.3, -0.25) is 4.79 Å². The third kappa shape index (κ3) is 6.53. The summed E-state index contributed by atoms with van der Waals surface area (Å²) in [7, 11) is 0. The summed E-state index contributed by atoms with van der Waals surface area (Å²) in [4.78, 5) is 16.6. The molecule has 2 aromatic carbocycles. The molecule has 0 aliphatic carbocycles. The average molecular weight is 381 g/mol. The summed E-state index contributed by atoms with van der Waals surface area (Å²) in [6, 6.07) is 18.2. The molecule has 0 radical (unpaired) electrons. The smallest absolute Gasteiger partial charge is 0.220 e. The van der Waals surface area contributed by atoms with Crippen LogP contribution in [-0.4, -0.2) is 17.5 Å². The summed E-state index contributed by atoms with van der Waals surface area (Å²) in [5.41, 5.74) is 3.36. The molecule has 0 unspecified atom stereocenters. The van der Waals surface area contributed by atoms with Gasteiger partial charge in [-0.2, -0.15) is 0 Å². The van der Waals surface area contributed by atoms with E-state index in [2.05, 4.69) is 22.4 Å². The van der Waals surface area contributed by atoms with Crippen LogP contribution in [0.25, 0.3) is 0 Å². The minimum Gasteiger partial charge on any atom is -0.494 e. The fourth-order valence-electron chi connectivity index (χ4n) is 2.62. The Kier molecular flexibility index (Phi) is 6.99. The zero-order valence-corrected chi connectivity index (χ0v) is 16.3. The van der Waals surface area contributed by atoms with Crippen molar-refractivity contribution in [3.05, 3.63) is 81.8 Å². The molecule has 0 atom stereocenters. The van der Waals surface area contributed by atoms with Crippen molar-refractivity contribution in [2.75, 3.05) is 6.61 Å². The van der Waals surface area contributed by atoms with Gasteiger partial charge in [0.25, 0.3) is 0 Å². The van der Waals surface area contributed by atoms with E-state index in [1.54, 1.807) is 11.3 Å². The summed E-state index contributed by atoms with van der Waals surface area (Å²) < 4.78 is 5.64. The molecule has 0 bridgehead atoms. The van der Waals surface area contributed by atoms with Crippen molar-refractivity contribution >= 4 is 17.2 Å². The number of aromatic nitrogens is 1. The molecule has 4 nitrogen and oxygen atoms in total. The standard InChI is InChI=1S/C22H24N2O2S/c1-17-9-11-20(12-10-17)26-13-5-8-21(25)23-15-19-16-27-22(24-19)14-18-6-3-2-4-7-18/h2-4,6-7,9-12,16H,5,8,13-15H2,1H3,(H,23,25). The normalized spacial score (nSPS) is 10.6. The molecule has 1 aromatic heterocycles. The molecule has 0 fully saturated rings. The lowest BCUT2D eigenvalue weighted by Crippen LogP contribution is -2.23. The molecule has 0 saturated heterocycles. The fourth-order valence-corrected chi connectivity index (χ4v) is 3.44. The predicted octanol–water partition coefficient (Wildman–Crippen LogP) is 4.52. The first-order valence-corrected chi connectivity index (χ1v) is 10.0. The second-order valence-corrected chi connectivity index (χ2v) is 7.38. The van der Waals surface area contributed by atoms with Crippen LogP contribution in [0.5, 0.6) is 5.75 Å². The zero-order chi connectivity index (χ0) is 18.9. The molecule has 0 aliphatic rings. The number of carbonyl (C=O) groups is 1. The van der Waals surface area contributed by atoms with Gasteiger partial charge in [0.15, 0.2) is 0 Å². The summed E-state index contributed by atoms with van der Waals surface area (Å²) >= 11 is 1.63. The number of amides is 1. The SMILES string of the molecule is Cc1ccc(OCCCC(=O)NCc2csc(Cc3ccccc3)n2)cc1. The van der Waals surface area contributed by atoms with Crippen molar-refractivity contribution < 1.29 is 9.53 Å². The van der Waals surface area contributed by atoms with Crippen LogP contribution in [0.4, 0.5) is 0 Å². The van der Waals surface area contributed by atoms with Gasteiger partial charge in [0, 0.05) is 18.2 Å². The quantitative estimate of drug-likeness (QED) is 0.555. The van der Waals surface area contributed by atoms with Gasteiger partial charge in [0.2, 0.25) is 5.91 Å². The van der Waals surface area contributed by atoms with E-state index >= 15 is 0 Å². The molecule has 3 aromatic rings. The highest BCUT2D eigenvalue weighted by atomic mass is 32.1. The van der Waals surface area contributed by atoms with Crippen LogP contribution < -0.4 is 10.1 Å². The number of nitrogens with zero attached hydrogens (tertiary/aromatic N) is 1. The van der Waals surface area contributed by atoms with Crippen LogP contribution in [0.1, 0.15) is 34.7 Å². The highest BCUT2D eigenvalue weighted by Gasteiger charge is 2.06. The van der Waals surface area contributed by atoms with Crippen molar-refractivity contribution in [1.29, 1.82) is 0 Å². The van der Waals surface area contributed by atoms with Gasteiger partial charge in [-0.1, -0.05) is 48.0 Å². The van der Waals surface area contributed by atoms with E-state index in [0.29, 0.717) is 26.0 Å². The first-order valence-electron chi connectivity index (χ1n) is 9.12. The summed E-state index contributed by atoms with van der Waals surface area (Å²) in [6.45, 7) is 3.05. The van der Waals surface area contributed by atoms with Gasteiger partial charge in [-0.15, -0.1) is 11.3 Å². The summed E-state index contributed by atoms with van der Waals surface area (Å²) in [6.07, 6.45) is 1.97. The topological polar surface area (TPSA) is 51.2 Å². The zero-order valence-electron chi connectivity index (χ0n) is 15.5. The maximum absolute atomic E-state index is 12.0. The molecule has 1 N–H and O–H groups in total. The molecule has 5 heteroatoms. The third-order valence-corrected chi connectivity index (χ3v) is 5.00. The minimum absolute atomic E-state index is 0.0279. The highest BCUT2D eigenvalue weighted by Crippen LogP contribution is 2.15. The van der Waals surface area contributed by atoms with Crippen LogP contribution in [0.15, 0.2) is 60.0 Å². The Balaban J connectivity index is 1.34. The molecule has 140 valence electrons. The number of nitrogens with one attached hydrogen (secondary N) is 1. The van der Waals surface area contributed by atoms with E-state index in [0.717, 1.165) is 22.9 Å². The first kappa shape index (κ1) is 19.1. The number of ether oxygens (including phenoxy) is 1.